The standard InChI is InChI=1S/C11H20N4/c1-10-2-5-14(6-3-10)8-9-15-7-4-13-11(15)12/h4,7,10H,2-3,5-6,8-9H2,1H3,(H2,12,13). The molecule has 84 valence electrons. The predicted octanol–water partition coefficient (Wildman–Crippen LogP) is 1.20. The van der Waals surface area contributed by atoms with Gasteiger partial charge in [-0.05, 0) is 31.8 Å². The van der Waals surface area contributed by atoms with Crippen molar-refractivity contribution in [2.45, 2.75) is 26.3 Å². The highest BCUT2D eigenvalue weighted by molar-refractivity contribution is 5.16. The Morgan fingerprint density at radius 1 is 1.40 bits per heavy atom. The first-order valence-corrected chi connectivity index (χ1v) is 5.74. The van der Waals surface area contributed by atoms with Crippen LogP contribution < -0.4 is 5.73 Å². The number of likely N-dealkylation sites (tertiary alicyclic amines) is 1. The van der Waals surface area contributed by atoms with Gasteiger partial charge in [0.2, 0.25) is 0 Å². The second-order valence-electron chi connectivity index (χ2n) is 4.50. The summed E-state index contributed by atoms with van der Waals surface area (Å²) in [6, 6.07) is 0. The molecule has 0 saturated carbocycles. The van der Waals surface area contributed by atoms with Gasteiger partial charge >= 0.3 is 0 Å². The first-order valence-electron chi connectivity index (χ1n) is 5.74. The number of hydrogen-bond donors (Lipinski definition) is 1. The number of hydrogen-bond acceptors (Lipinski definition) is 3. The molecule has 0 amide bonds. The molecule has 1 aliphatic rings. The van der Waals surface area contributed by atoms with Crippen LogP contribution in [0.4, 0.5) is 5.95 Å². The second kappa shape index (κ2) is 4.66. The highest BCUT2D eigenvalue weighted by Crippen LogP contribution is 2.15. The van der Waals surface area contributed by atoms with E-state index in [2.05, 4.69) is 16.8 Å². The summed E-state index contributed by atoms with van der Waals surface area (Å²) in [4.78, 5) is 6.53. The predicted molar refractivity (Wildman–Crippen MR) is 61.5 cm³/mol. The van der Waals surface area contributed by atoms with E-state index in [1.807, 2.05) is 10.8 Å². The number of piperidine rings is 1. The molecule has 1 saturated heterocycles. The summed E-state index contributed by atoms with van der Waals surface area (Å²) in [6.45, 7) is 6.85. The molecule has 1 aromatic rings. The summed E-state index contributed by atoms with van der Waals surface area (Å²) in [5, 5.41) is 0. The van der Waals surface area contributed by atoms with E-state index in [9.17, 15) is 0 Å². The van der Waals surface area contributed by atoms with Crippen LogP contribution in [0.1, 0.15) is 19.8 Å². The van der Waals surface area contributed by atoms with Crippen LogP contribution in [0.2, 0.25) is 0 Å². The van der Waals surface area contributed by atoms with E-state index in [0.29, 0.717) is 5.95 Å². The molecule has 1 aliphatic heterocycles. The van der Waals surface area contributed by atoms with E-state index in [4.69, 9.17) is 5.73 Å². The molecule has 2 rings (SSSR count). The fraction of sp³-hybridized carbons (Fsp3) is 0.727. The minimum absolute atomic E-state index is 0.625. The van der Waals surface area contributed by atoms with Crippen molar-refractivity contribution < 1.29 is 0 Å². The molecule has 2 heterocycles. The highest BCUT2D eigenvalue weighted by atomic mass is 15.2. The Bertz CT molecular complexity index is 299. The van der Waals surface area contributed by atoms with Gasteiger partial charge in [-0.1, -0.05) is 6.92 Å². The normalized spacial score (nSPS) is 19.5. The lowest BCUT2D eigenvalue weighted by Crippen LogP contribution is -2.35. The van der Waals surface area contributed by atoms with Crippen molar-refractivity contribution in [2.24, 2.45) is 5.92 Å². The van der Waals surface area contributed by atoms with Crippen molar-refractivity contribution >= 4 is 5.95 Å². The number of nitrogens with zero attached hydrogens (tertiary/aromatic N) is 3. The van der Waals surface area contributed by atoms with E-state index in [0.717, 1.165) is 19.0 Å². The molecule has 4 heteroatoms. The third-order valence-electron chi connectivity index (χ3n) is 3.28. The number of aromatic nitrogens is 2. The lowest BCUT2D eigenvalue weighted by atomic mass is 9.99. The van der Waals surface area contributed by atoms with Crippen molar-refractivity contribution in [3.8, 4) is 0 Å². The van der Waals surface area contributed by atoms with Gasteiger partial charge in [-0.3, -0.25) is 0 Å². The minimum Gasteiger partial charge on any atom is -0.369 e. The van der Waals surface area contributed by atoms with Crippen LogP contribution >= 0.6 is 0 Å². The van der Waals surface area contributed by atoms with Crippen LogP contribution in [0.3, 0.4) is 0 Å². The first kappa shape index (κ1) is 10.5. The van der Waals surface area contributed by atoms with Gasteiger partial charge in [0, 0.05) is 25.5 Å². The molecule has 0 aliphatic carbocycles. The summed E-state index contributed by atoms with van der Waals surface area (Å²) in [5.74, 6) is 1.53. The Morgan fingerprint density at radius 3 is 2.73 bits per heavy atom. The van der Waals surface area contributed by atoms with Crippen molar-refractivity contribution in [3.63, 3.8) is 0 Å². The molecule has 1 fully saturated rings. The SMILES string of the molecule is CC1CCN(CCn2ccnc2N)CC1. The van der Waals surface area contributed by atoms with Crippen LogP contribution in [0, 0.1) is 5.92 Å². The van der Waals surface area contributed by atoms with Crippen LogP contribution in [-0.2, 0) is 6.54 Å². The van der Waals surface area contributed by atoms with Gasteiger partial charge in [-0.2, -0.15) is 0 Å². The molecule has 0 bridgehead atoms. The van der Waals surface area contributed by atoms with E-state index in [1.165, 1.54) is 25.9 Å². The average Bonchev–Trinajstić information content (AvgIpc) is 2.63. The lowest BCUT2D eigenvalue weighted by molar-refractivity contribution is 0.187. The Labute approximate surface area is 91.1 Å². The van der Waals surface area contributed by atoms with Gasteiger partial charge in [0.15, 0.2) is 5.95 Å². The van der Waals surface area contributed by atoms with Gasteiger partial charge in [0.1, 0.15) is 0 Å². The van der Waals surface area contributed by atoms with Gasteiger partial charge in [-0.25, -0.2) is 4.98 Å². The molecule has 0 radical (unpaired) electrons. The summed E-state index contributed by atoms with van der Waals surface area (Å²) >= 11 is 0. The van der Waals surface area contributed by atoms with E-state index in [1.54, 1.807) is 6.20 Å². The van der Waals surface area contributed by atoms with Gasteiger partial charge in [-0.15, -0.1) is 0 Å². The van der Waals surface area contributed by atoms with Crippen molar-refractivity contribution in [3.05, 3.63) is 12.4 Å². The summed E-state index contributed by atoms with van der Waals surface area (Å²) < 4.78 is 2.01. The van der Waals surface area contributed by atoms with Crippen LogP contribution in [0.25, 0.3) is 0 Å². The zero-order valence-electron chi connectivity index (χ0n) is 9.39. The molecule has 1 aromatic heterocycles. The largest absolute Gasteiger partial charge is 0.369 e. The molecule has 2 N–H and O–H groups in total. The smallest absolute Gasteiger partial charge is 0.200 e. The number of imidazole rings is 1. The molecule has 0 atom stereocenters. The lowest BCUT2D eigenvalue weighted by Gasteiger charge is -2.30. The van der Waals surface area contributed by atoms with Crippen LogP contribution in [0.15, 0.2) is 12.4 Å². The maximum atomic E-state index is 5.71. The summed E-state index contributed by atoms with van der Waals surface area (Å²) in [7, 11) is 0. The summed E-state index contributed by atoms with van der Waals surface area (Å²) in [6.07, 6.45) is 6.37. The van der Waals surface area contributed by atoms with Crippen molar-refractivity contribution in [1.82, 2.24) is 14.5 Å². The quantitative estimate of drug-likeness (QED) is 0.812. The van der Waals surface area contributed by atoms with Crippen molar-refractivity contribution in [2.75, 3.05) is 25.4 Å². The number of nitrogen functional groups attached to an aromatic ring is 1. The fourth-order valence-corrected chi connectivity index (χ4v) is 2.06. The minimum atomic E-state index is 0.625. The van der Waals surface area contributed by atoms with E-state index >= 15 is 0 Å². The zero-order valence-corrected chi connectivity index (χ0v) is 9.39. The molecular formula is C11H20N4. The average molecular weight is 208 g/mol. The van der Waals surface area contributed by atoms with Crippen LogP contribution in [0.5, 0.6) is 0 Å². The molecule has 0 aromatic carbocycles. The van der Waals surface area contributed by atoms with Crippen molar-refractivity contribution in [1.29, 1.82) is 0 Å². The zero-order chi connectivity index (χ0) is 10.7. The number of nitrogens with two attached hydrogens (primary N) is 1. The maximum absolute atomic E-state index is 5.71. The fourth-order valence-electron chi connectivity index (χ4n) is 2.06. The molecule has 4 nitrogen and oxygen atoms in total. The van der Waals surface area contributed by atoms with Gasteiger partial charge in [0.05, 0.1) is 0 Å². The third kappa shape index (κ3) is 2.72. The topological polar surface area (TPSA) is 47.1 Å². The molecule has 0 unspecified atom stereocenters. The van der Waals surface area contributed by atoms with E-state index in [-0.39, 0.29) is 0 Å². The second-order valence-corrected chi connectivity index (χ2v) is 4.50. The molecular weight excluding hydrogens is 188 g/mol. The van der Waals surface area contributed by atoms with Crippen LogP contribution in [-0.4, -0.2) is 34.1 Å². The Balaban J connectivity index is 1.77. The molecule has 0 spiro atoms. The maximum Gasteiger partial charge on any atom is 0.200 e. The van der Waals surface area contributed by atoms with E-state index < -0.39 is 0 Å². The number of rotatable bonds is 3. The third-order valence-corrected chi connectivity index (χ3v) is 3.28. The summed E-state index contributed by atoms with van der Waals surface area (Å²) in [5.41, 5.74) is 5.71. The Hall–Kier alpha value is -1.03. The Morgan fingerprint density at radius 2 is 2.13 bits per heavy atom. The monoisotopic (exact) mass is 208 g/mol. The van der Waals surface area contributed by atoms with Gasteiger partial charge < -0.3 is 15.2 Å². The highest BCUT2D eigenvalue weighted by Gasteiger charge is 2.15. The van der Waals surface area contributed by atoms with Gasteiger partial charge in [0.25, 0.3) is 0 Å². The Kier molecular flexibility index (Phi) is 3.26. The molecule has 15 heavy (non-hydrogen) atoms. The number of anilines is 1. The first-order chi connectivity index (χ1) is 7.25.